The van der Waals surface area contributed by atoms with Gasteiger partial charge in [0, 0.05) is 42.1 Å². The van der Waals surface area contributed by atoms with Crippen molar-refractivity contribution in [3.8, 4) is 11.3 Å². The maximum absolute atomic E-state index is 13.5. The van der Waals surface area contributed by atoms with Gasteiger partial charge in [0.2, 0.25) is 0 Å². The molecule has 238 valence electrons. The van der Waals surface area contributed by atoms with Gasteiger partial charge in [-0.3, -0.25) is 9.78 Å². The van der Waals surface area contributed by atoms with Crippen LogP contribution in [-0.2, 0) is 29.0 Å². The van der Waals surface area contributed by atoms with Gasteiger partial charge in [0.15, 0.2) is 0 Å². The number of nitrogens with zero attached hydrogens (tertiary/aromatic N) is 2. The summed E-state index contributed by atoms with van der Waals surface area (Å²) < 4.78 is 5.80. The number of benzene rings is 3. The number of aromatic nitrogens is 2. The van der Waals surface area contributed by atoms with Crippen LogP contribution >= 0.6 is 0 Å². The summed E-state index contributed by atoms with van der Waals surface area (Å²) in [6.45, 7) is 7.32. The number of hydrogen-bond donors (Lipinski definition) is 2. The summed E-state index contributed by atoms with van der Waals surface area (Å²) in [6.07, 6.45) is 7.06. The van der Waals surface area contributed by atoms with Gasteiger partial charge in [-0.2, -0.15) is 0 Å². The van der Waals surface area contributed by atoms with Crippen molar-refractivity contribution < 1.29 is 19.4 Å². The minimum atomic E-state index is -0.827. The molecule has 3 aromatic carbocycles. The SMILES string of the molecule is CCC(C(=O)O)c1ccc2[nH]c(-c3cc(C)cc(C)c3)c(CCN(CCCCc3cccnc3)C(=O)OCc3ccccc3)c2c1. The fraction of sp³-hybridized carbons (Fsp3) is 0.308. The van der Waals surface area contributed by atoms with Crippen LogP contribution in [-0.4, -0.2) is 45.1 Å². The molecule has 2 heterocycles. The van der Waals surface area contributed by atoms with Crippen molar-refractivity contribution in [1.82, 2.24) is 14.9 Å². The predicted molar refractivity (Wildman–Crippen MR) is 183 cm³/mol. The van der Waals surface area contributed by atoms with Crippen molar-refractivity contribution in [3.63, 3.8) is 0 Å². The maximum Gasteiger partial charge on any atom is 0.410 e. The van der Waals surface area contributed by atoms with Gasteiger partial charge in [0.05, 0.1) is 5.92 Å². The van der Waals surface area contributed by atoms with Crippen LogP contribution in [0, 0.1) is 13.8 Å². The third-order valence-corrected chi connectivity index (χ3v) is 8.51. The highest BCUT2D eigenvalue weighted by atomic mass is 16.6. The van der Waals surface area contributed by atoms with Crippen LogP contribution in [0.2, 0.25) is 0 Å². The third-order valence-electron chi connectivity index (χ3n) is 8.51. The Morgan fingerprint density at radius 1 is 0.891 bits per heavy atom. The standard InChI is InChI=1S/C39H43N3O4/c1-4-33(38(43)44)31-15-16-36-35(24-31)34(37(41-36)32-22-27(2)21-28(3)23-32)17-20-42(19-9-8-11-29-14-10-18-40-25-29)39(45)46-26-30-12-6-5-7-13-30/h5-7,10,12-16,18,21-25,33,41H,4,8-9,11,17,19-20,26H2,1-3H3,(H,43,44). The highest BCUT2D eigenvalue weighted by molar-refractivity contribution is 5.92. The molecule has 1 amide bonds. The molecule has 0 aliphatic carbocycles. The second-order valence-corrected chi connectivity index (χ2v) is 12.1. The molecule has 0 saturated carbocycles. The minimum absolute atomic E-state index is 0.212. The molecule has 5 aromatic rings. The van der Waals surface area contributed by atoms with Gasteiger partial charge in [-0.25, -0.2) is 4.79 Å². The summed E-state index contributed by atoms with van der Waals surface area (Å²) in [5.74, 6) is -1.41. The van der Waals surface area contributed by atoms with Crippen molar-refractivity contribution >= 4 is 23.0 Å². The molecule has 46 heavy (non-hydrogen) atoms. The van der Waals surface area contributed by atoms with E-state index in [0.29, 0.717) is 25.9 Å². The van der Waals surface area contributed by atoms with E-state index < -0.39 is 11.9 Å². The second-order valence-electron chi connectivity index (χ2n) is 12.1. The maximum atomic E-state index is 13.5. The molecule has 7 nitrogen and oxygen atoms in total. The summed E-state index contributed by atoms with van der Waals surface area (Å²) in [6, 6.07) is 26.1. The molecule has 0 saturated heterocycles. The highest BCUT2D eigenvalue weighted by Crippen LogP contribution is 2.34. The first-order valence-corrected chi connectivity index (χ1v) is 16.1. The number of rotatable bonds is 14. The molecule has 0 aliphatic rings. The quantitative estimate of drug-likeness (QED) is 0.122. The van der Waals surface area contributed by atoms with Crippen LogP contribution in [0.3, 0.4) is 0 Å². The summed E-state index contributed by atoms with van der Waals surface area (Å²) in [5, 5.41) is 10.9. The zero-order chi connectivity index (χ0) is 32.5. The van der Waals surface area contributed by atoms with Gasteiger partial charge in [-0.1, -0.05) is 66.6 Å². The largest absolute Gasteiger partial charge is 0.481 e. The van der Waals surface area contributed by atoms with E-state index >= 15 is 0 Å². The molecule has 0 radical (unpaired) electrons. The van der Waals surface area contributed by atoms with Crippen molar-refractivity contribution in [1.29, 1.82) is 0 Å². The first kappa shape index (κ1) is 32.5. The average Bonchev–Trinajstić information content (AvgIpc) is 3.42. The van der Waals surface area contributed by atoms with E-state index in [2.05, 4.69) is 48.1 Å². The number of hydrogen-bond acceptors (Lipinski definition) is 4. The molecule has 2 aromatic heterocycles. The van der Waals surface area contributed by atoms with E-state index in [9.17, 15) is 14.7 Å². The fourth-order valence-electron chi connectivity index (χ4n) is 6.19. The van der Waals surface area contributed by atoms with Crippen LogP contribution in [0.4, 0.5) is 4.79 Å². The zero-order valence-electron chi connectivity index (χ0n) is 27.0. The summed E-state index contributed by atoms with van der Waals surface area (Å²) in [5.41, 5.74) is 9.32. The number of carbonyl (C=O) groups excluding carboxylic acids is 1. The van der Waals surface area contributed by atoms with Gasteiger partial charge in [-0.15, -0.1) is 0 Å². The van der Waals surface area contributed by atoms with Crippen molar-refractivity contribution in [2.75, 3.05) is 13.1 Å². The lowest BCUT2D eigenvalue weighted by Crippen LogP contribution is -2.34. The smallest absolute Gasteiger partial charge is 0.410 e. The number of carbonyl (C=O) groups is 2. The number of nitrogens with one attached hydrogen (secondary N) is 1. The summed E-state index contributed by atoms with van der Waals surface area (Å²) >= 11 is 0. The second kappa shape index (κ2) is 15.4. The van der Waals surface area contributed by atoms with Gasteiger partial charge in [0.25, 0.3) is 0 Å². The Morgan fingerprint density at radius 3 is 2.35 bits per heavy atom. The van der Waals surface area contributed by atoms with Crippen LogP contribution < -0.4 is 0 Å². The number of pyridine rings is 1. The molecule has 5 rings (SSSR count). The van der Waals surface area contributed by atoms with Gasteiger partial charge in [0.1, 0.15) is 6.61 Å². The molecular weight excluding hydrogens is 574 g/mol. The Hall–Kier alpha value is -4.91. The van der Waals surface area contributed by atoms with Crippen molar-refractivity contribution in [3.05, 3.63) is 125 Å². The van der Waals surface area contributed by atoms with Crippen LogP contribution in [0.15, 0.2) is 91.3 Å². The molecule has 2 N–H and O–H groups in total. The fourth-order valence-corrected chi connectivity index (χ4v) is 6.19. The lowest BCUT2D eigenvalue weighted by molar-refractivity contribution is -0.138. The van der Waals surface area contributed by atoms with E-state index in [0.717, 1.165) is 69.2 Å². The van der Waals surface area contributed by atoms with E-state index in [1.807, 2.05) is 72.6 Å². The minimum Gasteiger partial charge on any atom is -0.481 e. The number of aromatic amines is 1. The number of ether oxygens (including phenoxy) is 1. The Labute approximate surface area is 271 Å². The Morgan fingerprint density at radius 2 is 1.65 bits per heavy atom. The number of aliphatic carboxylic acids is 1. The first-order valence-electron chi connectivity index (χ1n) is 16.1. The molecule has 1 unspecified atom stereocenters. The first-order chi connectivity index (χ1) is 22.3. The number of unbranched alkanes of at least 4 members (excludes halogenated alkanes) is 1. The van der Waals surface area contributed by atoms with Gasteiger partial charge >= 0.3 is 12.1 Å². The zero-order valence-corrected chi connectivity index (χ0v) is 27.0. The van der Waals surface area contributed by atoms with Crippen molar-refractivity contribution in [2.24, 2.45) is 0 Å². The number of H-pyrrole nitrogens is 1. The third kappa shape index (κ3) is 8.21. The van der Waals surface area contributed by atoms with Crippen LogP contribution in [0.25, 0.3) is 22.2 Å². The van der Waals surface area contributed by atoms with E-state index in [-0.39, 0.29) is 12.7 Å². The lowest BCUT2D eigenvalue weighted by Gasteiger charge is -2.23. The van der Waals surface area contributed by atoms with E-state index in [4.69, 9.17) is 4.74 Å². The van der Waals surface area contributed by atoms with Crippen molar-refractivity contribution in [2.45, 2.75) is 65.4 Å². The molecule has 0 aliphatic heterocycles. The monoisotopic (exact) mass is 617 g/mol. The number of fused-ring (bicyclic) bond motifs is 1. The Balaban J connectivity index is 1.43. The van der Waals surface area contributed by atoms with Gasteiger partial charge < -0.3 is 19.7 Å². The Bertz CT molecular complexity index is 1740. The normalized spacial score (nSPS) is 11.8. The molecule has 0 fully saturated rings. The number of amides is 1. The van der Waals surface area contributed by atoms with Crippen LogP contribution in [0.1, 0.15) is 65.5 Å². The van der Waals surface area contributed by atoms with Gasteiger partial charge in [-0.05, 0) is 104 Å². The number of carboxylic acid groups (broad SMARTS) is 1. The molecule has 0 bridgehead atoms. The number of carboxylic acids is 1. The topological polar surface area (TPSA) is 95.5 Å². The predicted octanol–water partition coefficient (Wildman–Crippen LogP) is 8.63. The molecular formula is C39H43N3O4. The van der Waals surface area contributed by atoms with E-state index in [1.54, 1.807) is 6.20 Å². The average molecular weight is 618 g/mol. The lowest BCUT2D eigenvalue weighted by atomic mass is 9.93. The summed E-state index contributed by atoms with van der Waals surface area (Å²) in [7, 11) is 0. The molecule has 1 atom stereocenters. The summed E-state index contributed by atoms with van der Waals surface area (Å²) in [4.78, 5) is 35.2. The van der Waals surface area contributed by atoms with Crippen LogP contribution in [0.5, 0.6) is 0 Å². The Kier molecular flexibility index (Phi) is 10.9. The highest BCUT2D eigenvalue weighted by Gasteiger charge is 2.22. The number of aryl methyl sites for hydroxylation is 3. The molecule has 0 spiro atoms. The van der Waals surface area contributed by atoms with E-state index in [1.165, 1.54) is 5.56 Å². The molecule has 7 heteroatoms.